The van der Waals surface area contributed by atoms with Crippen LogP contribution >= 0.6 is 11.6 Å². The molecule has 21 heavy (non-hydrogen) atoms. The number of hydrogen-bond donors (Lipinski definition) is 3. The molecule has 3 aromatic rings. The van der Waals surface area contributed by atoms with Gasteiger partial charge >= 0.3 is 0 Å². The van der Waals surface area contributed by atoms with Gasteiger partial charge in [0.1, 0.15) is 5.82 Å². The molecule has 1 aromatic heterocycles. The molecule has 0 saturated heterocycles. The molecule has 0 aliphatic rings. The van der Waals surface area contributed by atoms with E-state index in [9.17, 15) is 0 Å². The lowest BCUT2D eigenvalue weighted by Gasteiger charge is -2.09. The molecule has 0 amide bonds. The third-order valence-electron chi connectivity index (χ3n) is 3.06. The van der Waals surface area contributed by atoms with Crippen molar-refractivity contribution in [3.63, 3.8) is 0 Å². The maximum atomic E-state index is 5.98. The van der Waals surface area contributed by atoms with Crippen LogP contribution in [0.3, 0.4) is 0 Å². The van der Waals surface area contributed by atoms with Crippen molar-refractivity contribution in [1.29, 1.82) is 0 Å². The van der Waals surface area contributed by atoms with Gasteiger partial charge in [-0.15, -0.1) is 0 Å². The minimum Gasteiger partial charge on any atom is -0.377 e. The largest absolute Gasteiger partial charge is 0.377 e. The Labute approximate surface area is 128 Å². The Morgan fingerprint density at radius 2 is 1.90 bits per heavy atom. The molecule has 5 heteroatoms. The number of halogens is 1. The van der Waals surface area contributed by atoms with Gasteiger partial charge in [-0.05, 0) is 23.8 Å². The number of hydrogen-bond acceptors (Lipinski definition) is 3. The Balaban J connectivity index is 1.69. The van der Waals surface area contributed by atoms with Gasteiger partial charge < -0.3 is 10.6 Å². The number of nitrogens with zero attached hydrogens (tertiary/aromatic N) is 1. The lowest BCUT2D eigenvalue weighted by atomic mass is 10.2. The van der Waals surface area contributed by atoms with Crippen molar-refractivity contribution in [1.82, 2.24) is 10.2 Å². The summed E-state index contributed by atoms with van der Waals surface area (Å²) in [5.41, 5.74) is 3.04. The summed E-state index contributed by atoms with van der Waals surface area (Å²) in [6, 6.07) is 17.8. The van der Waals surface area contributed by atoms with E-state index in [1.54, 1.807) is 6.20 Å². The zero-order chi connectivity index (χ0) is 14.5. The van der Waals surface area contributed by atoms with E-state index in [0.29, 0.717) is 5.02 Å². The summed E-state index contributed by atoms with van der Waals surface area (Å²) in [7, 11) is 0. The normalized spacial score (nSPS) is 10.3. The molecule has 0 atom stereocenters. The highest BCUT2D eigenvalue weighted by Crippen LogP contribution is 2.24. The summed E-state index contributed by atoms with van der Waals surface area (Å²) in [5, 5.41) is 14.3. The molecule has 3 N–H and O–H groups in total. The Morgan fingerprint density at radius 1 is 1.05 bits per heavy atom. The molecule has 0 radical (unpaired) electrons. The van der Waals surface area contributed by atoms with Crippen LogP contribution in [0.2, 0.25) is 5.02 Å². The molecule has 0 bridgehead atoms. The Bertz CT molecular complexity index is 709. The van der Waals surface area contributed by atoms with Gasteiger partial charge in [0.2, 0.25) is 0 Å². The second kappa shape index (κ2) is 6.33. The summed E-state index contributed by atoms with van der Waals surface area (Å²) in [4.78, 5) is 0. The Morgan fingerprint density at radius 3 is 2.71 bits per heavy atom. The monoisotopic (exact) mass is 298 g/mol. The average molecular weight is 299 g/mol. The van der Waals surface area contributed by atoms with E-state index >= 15 is 0 Å². The number of rotatable bonds is 5. The zero-order valence-electron chi connectivity index (χ0n) is 11.3. The van der Waals surface area contributed by atoms with Gasteiger partial charge in [-0.1, -0.05) is 48.0 Å². The lowest BCUT2D eigenvalue weighted by molar-refractivity contribution is 1.09. The highest BCUT2D eigenvalue weighted by Gasteiger charge is 2.05. The van der Waals surface area contributed by atoms with Crippen molar-refractivity contribution in [2.75, 3.05) is 10.6 Å². The van der Waals surface area contributed by atoms with Crippen molar-refractivity contribution in [3.05, 3.63) is 71.4 Å². The highest BCUT2D eigenvalue weighted by atomic mass is 35.5. The van der Waals surface area contributed by atoms with Crippen LogP contribution in [0.1, 0.15) is 5.56 Å². The molecule has 0 aliphatic heterocycles. The van der Waals surface area contributed by atoms with Crippen LogP contribution in [0.4, 0.5) is 17.2 Å². The van der Waals surface area contributed by atoms with Gasteiger partial charge in [0.05, 0.1) is 11.9 Å². The molecule has 0 unspecified atom stereocenters. The van der Waals surface area contributed by atoms with E-state index in [4.69, 9.17) is 11.6 Å². The van der Waals surface area contributed by atoms with Crippen LogP contribution in [0, 0.1) is 0 Å². The van der Waals surface area contributed by atoms with Gasteiger partial charge in [-0.3, -0.25) is 5.10 Å². The molecular formula is C16H15ClN4. The predicted molar refractivity (Wildman–Crippen MR) is 87.1 cm³/mol. The first-order chi connectivity index (χ1) is 10.3. The SMILES string of the molecule is Clc1cccc(Nc2[nH]ncc2NCc2ccccc2)c1. The third-order valence-corrected chi connectivity index (χ3v) is 3.29. The summed E-state index contributed by atoms with van der Waals surface area (Å²) in [6.45, 7) is 0.741. The van der Waals surface area contributed by atoms with Gasteiger partial charge in [0.15, 0.2) is 0 Å². The first-order valence-electron chi connectivity index (χ1n) is 6.65. The maximum absolute atomic E-state index is 5.98. The standard InChI is InChI=1S/C16H15ClN4/c17-13-7-4-8-14(9-13)20-16-15(11-19-21-16)18-10-12-5-2-1-3-6-12/h1-9,11,18H,10H2,(H2,19,20,21). The van der Waals surface area contributed by atoms with E-state index in [1.807, 2.05) is 42.5 Å². The smallest absolute Gasteiger partial charge is 0.149 e. The molecule has 0 fully saturated rings. The molecule has 3 rings (SSSR count). The van der Waals surface area contributed by atoms with Crippen molar-refractivity contribution in [2.24, 2.45) is 0 Å². The van der Waals surface area contributed by atoms with Crippen LogP contribution in [-0.4, -0.2) is 10.2 Å². The van der Waals surface area contributed by atoms with E-state index in [1.165, 1.54) is 5.56 Å². The van der Waals surface area contributed by atoms with E-state index in [0.717, 1.165) is 23.7 Å². The van der Waals surface area contributed by atoms with Crippen molar-refractivity contribution >= 4 is 28.8 Å². The first-order valence-corrected chi connectivity index (χ1v) is 7.03. The fourth-order valence-corrected chi connectivity index (χ4v) is 2.21. The lowest BCUT2D eigenvalue weighted by Crippen LogP contribution is -2.01. The van der Waals surface area contributed by atoms with Crippen molar-refractivity contribution in [2.45, 2.75) is 6.54 Å². The number of nitrogens with one attached hydrogen (secondary N) is 3. The van der Waals surface area contributed by atoms with E-state index in [2.05, 4.69) is 33.0 Å². The maximum Gasteiger partial charge on any atom is 0.149 e. The van der Waals surface area contributed by atoms with Crippen LogP contribution in [0.5, 0.6) is 0 Å². The topological polar surface area (TPSA) is 52.7 Å². The highest BCUT2D eigenvalue weighted by molar-refractivity contribution is 6.30. The van der Waals surface area contributed by atoms with Gasteiger partial charge in [0.25, 0.3) is 0 Å². The number of H-pyrrole nitrogens is 1. The number of benzene rings is 2. The molecule has 4 nitrogen and oxygen atoms in total. The molecule has 106 valence electrons. The minimum absolute atomic E-state index is 0.693. The fourth-order valence-electron chi connectivity index (χ4n) is 2.02. The summed E-state index contributed by atoms with van der Waals surface area (Å²) >= 11 is 5.98. The summed E-state index contributed by atoms with van der Waals surface area (Å²) < 4.78 is 0. The van der Waals surface area contributed by atoms with Gasteiger partial charge in [-0.25, -0.2) is 0 Å². The van der Waals surface area contributed by atoms with Crippen LogP contribution < -0.4 is 10.6 Å². The number of aromatic amines is 1. The van der Waals surface area contributed by atoms with Crippen molar-refractivity contribution in [3.8, 4) is 0 Å². The van der Waals surface area contributed by atoms with Crippen LogP contribution in [-0.2, 0) is 6.54 Å². The molecular weight excluding hydrogens is 284 g/mol. The minimum atomic E-state index is 0.693. The quantitative estimate of drug-likeness (QED) is 0.653. The number of anilines is 3. The summed E-state index contributed by atoms with van der Waals surface area (Å²) in [6.07, 6.45) is 1.76. The van der Waals surface area contributed by atoms with Crippen molar-refractivity contribution < 1.29 is 0 Å². The number of aromatic nitrogens is 2. The second-order valence-corrected chi connectivity index (χ2v) is 5.07. The second-order valence-electron chi connectivity index (χ2n) is 4.63. The van der Waals surface area contributed by atoms with E-state index in [-0.39, 0.29) is 0 Å². The zero-order valence-corrected chi connectivity index (χ0v) is 12.1. The molecule has 2 aromatic carbocycles. The Kier molecular flexibility index (Phi) is 4.07. The summed E-state index contributed by atoms with van der Waals surface area (Å²) in [5.74, 6) is 0.813. The van der Waals surface area contributed by atoms with Gasteiger partial charge in [0, 0.05) is 17.3 Å². The third kappa shape index (κ3) is 3.55. The first kappa shape index (κ1) is 13.5. The molecule has 0 aliphatic carbocycles. The fraction of sp³-hybridized carbons (Fsp3) is 0.0625. The van der Waals surface area contributed by atoms with Gasteiger partial charge in [-0.2, -0.15) is 5.10 Å². The Hall–Kier alpha value is -2.46. The predicted octanol–water partition coefficient (Wildman–Crippen LogP) is 4.42. The van der Waals surface area contributed by atoms with Crippen LogP contribution in [0.25, 0.3) is 0 Å². The van der Waals surface area contributed by atoms with Crippen LogP contribution in [0.15, 0.2) is 60.8 Å². The van der Waals surface area contributed by atoms with E-state index < -0.39 is 0 Å². The molecule has 0 saturated carbocycles. The average Bonchev–Trinajstić information content (AvgIpc) is 2.93. The molecule has 1 heterocycles. The molecule has 0 spiro atoms.